The number of carbonyl (C=O) groups is 1. The van der Waals surface area contributed by atoms with E-state index in [0.29, 0.717) is 28.1 Å². The summed E-state index contributed by atoms with van der Waals surface area (Å²) in [6, 6.07) is 7.43. The number of hydrogen-bond donors (Lipinski definition) is 0. The summed E-state index contributed by atoms with van der Waals surface area (Å²) in [6.45, 7) is 6.43. The molecule has 2 saturated heterocycles. The van der Waals surface area contributed by atoms with Gasteiger partial charge < -0.3 is 14.2 Å². The predicted molar refractivity (Wildman–Crippen MR) is 140 cm³/mol. The Morgan fingerprint density at radius 1 is 1.21 bits per heavy atom. The average molecular weight is 501 g/mol. The number of rotatable bonds is 7. The molecule has 0 spiro atoms. The van der Waals surface area contributed by atoms with Crippen LogP contribution in [0.5, 0.6) is 0 Å². The number of nitro groups is 1. The third kappa shape index (κ3) is 4.75. The Kier molecular flexibility index (Phi) is 7.39. The maximum atomic E-state index is 12.8. The van der Waals surface area contributed by atoms with E-state index in [-0.39, 0.29) is 16.5 Å². The maximum absolute atomic E-state index is 12.8. The fourth-order valence-electron chi connectivity index (χ4n) is 4.55. The van der Waals surface area contributed by atoms with Gasteiger partial charge in [0.25, 0.3) is 11.6 Å². The van der Waals surface area contributed by atoms with Gasteiger partial charge in [0.15, 0.2) is 0 Å². The van der Waals surface area contributed by atoms with Gasteiger partial charge in [-0.2, -0.15) is 0 Å². The first kappa shape index (κ1) is 24.4. The van der Waals surface area contributed by atoms with Crippen LogP contribution in [-0.2, 0) is 9.53 Å². The second-order valence-electron chi connectivity index (χ2n) is 8.47. The van der Waals surface area contributed by atoms with Gasteiger partial charge in [-0.25, -0.2) is 0 Å². The second-order valence-corrected chi connectivity index (χ2v) is 10.1. The van der Waals surface area contributed by atoms with Gasteiger partial charge in [-0.3, -0.25) is 19.8 Å². The lowest BCUT2D eigenvalue weighted by atomic mass is 10.1. The van der Waals surface area contributed by atoms with Gasteiger partial charge in [-0.15, -0.1) is 0 Å². The molecule has 2 aromatic rings. The number of aryl methyl sites for hydroxylation is 1. The monoisotopic (exact) mass is 500 g/mol. The number of nitro benzene ring substituents is 1. The van der Waals surface area contributed by atoms with Crippen LogP contribution in [0.3, 0.4) is 0 Å². The first-order chi connectivity index (χ1) is 16.3. The fraction of sp³-hybridized carbons (Fsp3) is 0.417. The van der Waals surface area contributed by atoms with E-state index in [9.17, 15) is 14.9 Å². The van der Waals surface area contributed by atoms with E-state index in [4.69, 9.17) is 17.0 Å². The van der Waals surface area contributed by atoms with Crippen LogP contribution in [0.15, 0.2) is 29.2 Å². The Morgan fingerprint density at radius 3 is 2.62 bits per heavy atom. The molecule has 2 aliphatic heterocycles. The summed E-state index contributed by atoms with van der Waals surface area (Å²) >= 11 is 6.65. The molecular weight excluding hydrogens is 472 g/mol. The van der Waals surface area contributed by atoms with Gasteiger partial charge in [-0.05, 0) is 62.9 Å². The number of thioether (sulfide) groups is 1. The number of benzene rings is 1. The Hall–Kier alpha value is -2.69. The van der Waals surface area contributed by atoms with Crippen molar-refractivity contribution in [2.24, 2.45) is 0 Å². The highest BCUT2D eigenvalue weighted by Gasteiger charge is 2.32. The van der Waals surface area contributed by atoms with E-state index in [0.717, 1.165) is 55.0 Å². The molecule has 0 aliphatic carbocycles. The van der Waals surface area contributed by atoms with E-state index < -0.39 is 0 Å². The highest BCUT2D eigenvalue weighted by Crippen LogP contribution is 2.36. The van der Waals surface area contributed by atoms with Crippen LogP contribution in [0.2, 0.25) is 0 Å². The van der Waals surface area contributed by atoms with Crippen LogP contribution in [0.1, 0.15) is 36.2 Å². The molecule has 1 aromatic carbocycles. The summed E-state index contributed by atoms with van der Waals surface area (Å²) in [5.74, 6) is -0.127. The van der Waals surface area contributed by atoms with E-state index >= 15 is 0 Å². The van der Waals surface area contributed by atoms with Crippen molar-refractivity contribution in [2.45, 2.75) is 33.1 Å². The Balaban J connectivity index is 1.67. The standard InChI is InChI=1S/C24H28N4O4S2/c1-16-13-18(14-22-23(29)26(11-12-32-3)24(33)34-22)17(2)27(16)19-7-8-20(21(15-19)28(30)31)25-9-5-4-6-10-25/h7-8,13-15H,4-6,9-12H2,1-3H3/b22-14-. The van der Waals surface area contributed by atoms with Crippen LogP contribution in [0.25, 0.3) is 11.8 Å². The van der Waals surface area contributed by atoms with E-state index in [2.05, 4.69) is 4.90 Å². The summed E-state index contributed by atoms with van der Waals surface area (Å²) in [5.41, 5.74) is 4.24. The lowest BCUT2D eigenvalue weighted by Gasteiger charge is -2.28. The number of piperidine rings is 1. The van der Waals surface area contributed by atoms with Crippen LogP contribution in [0.4, 0.5) is 11.4 Å². The third-order valence-corrected chi connectivity index (χ3v) is 7.64. The minimum absolute atomic E-state index is 0.118. The highest BCUT2D eigenvalue weighted by atomic mass is 32.2. The second kappa shape index (κ2) is 10.3. The van der Waals surface area contributed by atoms with Crippen molar-refractivity contribution >= 4 is 51.7 Å². The zero-order valence-electron chi connectivity index (χ0n) is 19.6. The molecule has 4 rings (SSSR count). The van der Waals surface area contributed by atoms with Crippen molar-refractivity contribution in [1.82, 2.24) is 9.47 Å². The number of amides is 1. The van der Waals surface area contributed by atoms with E-state index in [1.165, 1.54) is 11.8 Å². The van der Waals surface area contributed by atoms with Gasteiger partial charge in [0.2, 0.25) is 0 Å². The third-order valence-electron chi connectivity index (χ3n) is 6.26. The van der Waals surface area contributed by atoms with Crippen molar-refractivity contribution in [3.63, 3.8) is 0 Å². The van der Waals surface area contributed by atoms with Crippen LogP contribution in [0, 0.1) is 24.0 Å². The zero-order chi connectivity index (χ0) is 24.4. The fourth-order valence-corrected chi connectivity index (χ4v) is 5.85. The van der Waals surface area contributed by atoms with Gasteiger partial charge in [0.05, 0.1) is 28.7 Å². The quantitative estimate of drug-likeness (QED) is 0.233. The molecule has 8 nitrogen and oxygen atoms in total. The Bertz CT molecular complexity index is 1170. The zero-order valence-corrected chi connectivity index (χ0v) is 21.2. The largest absolute Gasteiger partial charge is 0.383 e. The van der Waals surface area contributed by atoms with Crippen LogP contribution in [-0.4, -0.2) is 58.0 Å². The van der Waals surface area contributed by atoms with Crippen molar-refractivity contribution in [2.75, 3.05) is 38.3 Å². The van der Waals surface area contributed by atoms with E-state index in [1.54, 1.807) is 18.1 Å². The summed E-state index contributed by atoms with van der Waals surface area (Å²) < 4.78 is 7.59. The lowest BCUT2D eigenvalue weighted by molar-refractivity contribution is -0.384. The normalized spacial score (nSPS) is 17.8. The number of thiocarbonyl (C=S) groups is 1. The topological polar surface area (TPSA) is 80.8 Å². The van der Waals surface area contributed by atoms with Crippen molar-refractivity contribution in [3.05, 3.63) is 56.2 Å². The predicted octanol–water partition coefficient (Wildman–Crippen LogP) is 4.84. The summed E-state index contributed by atoms with van der Waals surface area (Å²) in [4.78, 5) is 28.7. The maximum Gasteiger partial charge on any atom is 0.294 e. The van der Waals surface area contributed by atoms with E-state index in [1.807, 2.05) is 42.7 Å². The number of methoxy groups -OCH3 is 1. The molecule has 34 heavy (non-hydrogen) atoms. The Morgan fingerprint density at radius 2 is 1.94 bits per heavy atom. The van der Waals surface area contributed by atoms with Crippen molar-refractivity contribution < 1.29 is 14.5 Å². The van der Waals surface area contributed by atoms with Gasteiger partial charge in [0, 0.05) is 37.7 Å². The molecule has 0 radical (unpaired) electrons. The highest BCUT2D eigenvalue weighted by molar-refractivity contribution is 8.26. The molecule has 1 amide bonds. The van der Waals surface area contributed by atoms with Gasteiger partial charge in [-0.1, -0.05) is 24.0 Å². The average Bonchev–Trinajstić information content (AvgIpc) is 3.26. The molecule has 3 heterocycles. The minimum Gasteiger partial charge on any atom is -0.383 e. The number of ether oxygens (including phenoxy) is 1. The molecule has 0 unspecified atom stereocenters. The summed E-state index contributed by atoms with van der Waals surface area (Å²) in [6.07, 6.45) is 5.12. The molecule has 2 fully saturated rings. The molecule has 0 atom stereocenters. The van der Waals surface area contributed by atoms with Gasteiger partial charge in [0.1, 0.15) is 10.0 Å². The Labute approximate surface area is 208 Å². The molecule has 1 aromatic heterocycles. The summed E-state index contributed by atoms with van der Waals surface area (Å²) in [5, 5.41) is 11.9. The van der Waals surface area contributed by atoms with Crippen LogP contribution >= 0.6 is 24.0 Å². The smallest absolute Gasteiger partial charge is 0.294 e. The number of carbonyl (C=O) groups excluding carboxylic acids is 1. The first-order valence-electron chi connectivity index (χ1n) is 11.3. The first-order valence-corrected chi connectivity index (χ1v) is 12.5. The molecule has 2 aliphatic rings. The number of aromatic nitrogens is 1. The SMILES string of the molecule is COCCN1C(=O)/C(=C/c2cc(C)n(-c3ccc(N4CCCCC4)c([N+](=O)[O-])c3)c2C)SC1=S. The molecule has 180 valence electrons. The van der Waals surface area contributed by atoms with Crippen molar-refractivity contribution in [1.29, 1.82) is 0 Å². The van der Waals surface area contributed by atoms with Gasteiger partial charge >= 0.3 is 0 Å². The molecular formula is C24H28N4O4S2. The number of hydrogen-bond acceptors (Lipinski definition) is 7. The molecule has 0 saturated carbocycles. The number of nitrogens with zero attached hydrogens (tertiary/aromatic N) is 4. The number of anilines is 1. The molecule has 10 heteroatoms. The molecule has 0 bridgehead atoms. The lowest BCUT2D eigenvalue weighted by Crippen LogP contribution is -2.31. The molecule has 0 N–H and O–H groups in total. The van der Waals surface area contributed by atoms with Crippen molar-refractivity contribution in [3.8, 4) is 5.69 Å². The minimum atomic E-state index is -0.298. The van der Waals surface area contributed by atoms with Crippen LogP contribution < -0.4 is 4.90 Å². The summed E-state index contributed by atoms with van der Waals surface area (Å²) in [7, 11) is 1.59.